The second-order valence-corrected chi connectivity index (χ2v) is 3.37. The molecule has 0 aliphatic carbocycles. The van der Waals surface area contributed by atoms with Crippen molar-refractivity contribution in [3.05, 3.63) is 16.0 Å². The fourth-order valence-electron chi connectivity index (χ4n) is 1.51. The van der Waals surface area contributed by atoms with Crippen molar-refractivity contribution in [2.75, 3.05) is 11.9 Å². The predicted molar refractivity (Wildman–Crippen MR) is 54.1 cm³/mol. The van der Waals surface area contributed by atoms with E-state index in [0.717, 1.165) is 31.1 Å². The van der Waals surface area contributed by atoms with Gasteiger partial charge >= 0.3 is 0 Å². The molecule has 2 heterocycles. The number of nitrogens with zero attached hydrogens (tertiary/aromatic N) is 1. The number of H-pyrrole nitrogens is 1. The molecule has 0 radical (unpaired) electrons. The molecular formula is C8H12N4S. The molecule has 13 heavy (non-hydrogen) atoms. The predicted octanol–water partition coefficient (Wildman–Crippen LogP) is 1.17. The smallest absolute Gasteiger partial charge is 0.199 e. The van der Waals surface area contributed by atoms with Gasteiger partial charge in [-0.25, -0.2) is 4.98 Å². The highest BCUT2D eigenvalue weighted by molar-refractivity contribution is 7.71. The fourth-order valence-corrected chi connectivity index (χ4v) is 1.73. The number of aromatic amines is 1. The van der Waals surface area contributed by atoms with E-state index in [0.29, 0.717) is 4.77 Å². The molecule has 0 unspecified atom stereocenters. The van der Waals surface area contributed by atoms with Crippen LogP contribution in [0.25, 0.3) is 0 Å². The van der Waals surface area contributed by atoms with Crippen molar-refractivity contribution >= 4 is 18.0 Å². The van der Waals surface area contributed by atoms with Gasteiger partial charge in [0.2, 0.25) is 0 Å². The second kappa shape index (κ2) is 3.43. The molecule has 1 aromatic rings. The molecule has 1 aliphatic rings. The Hall–Kier alpha value is -0.940. The van der Waals surface area contributed by atoms with Crippen LogP contribution in [0.2, 0.25) is 0 Å². The number of hydrogen-bond acceptors (Lipinski definition) is 4. The first-order valence-corrected chi connectivity index (χ1v) is 4.78. The van der Waals surface area contributed by atoms with Crippen LogP contribution in [0.4, 0.5) is 5.82 Å². The maximum absolute atomic E-state index is 5.02. The van der Waals surface area contributed by atoms with E-state index in [1.165, 1.54) is 5.56 Å². The minimum atomic E-state index is 0.554. The molecule has 0 fully saturated rings. The molecule has 1 aliphatic heterocycles. The van der Waals surface area contributed by atoms with Crippen LogP contribution in [0.3, 0.4) is 0 Å². The summed E-state index contributed by atoms with van der Waals surface area (Å²) in [7, 11) is 0. The zero-order valence-electron chi connectivity index (χ0n) is 7.48. The lowest BCUT2D eigenvalue weighted by molar-refractivity contribution is 0.757. The maximum Gasteiger partial charge on any atom is 0.199 e. The van der Waals surface area contributed by atoms with E-state index in [2.05, 4.69) is 27.5 Å². The standard InChI is InChI=1S/C8H12N4S/c1-2-10-7-5-3-9-4-6(5)11-8(13)12-7/h9H,2-4H2,1H3,(H2,10,11,12,13). The van der Waals surface area contributed by atoms with E-state index in [4.69, 9.17) is 12.2 Å². The molecule has 4 nitrogen and oxygen atoms in total. The van der Waals surface area contributed by atoms with E-state index in [-0.39, 0.29) is 0 Å². The van der Waals surface area contributed by atoms with Crippen LogP contribution in [-0.4, -0.2) is 16.5 Å². The Morgan fingerprint density at radius 2 is 2.38 bits per heavy atom. The molecule has 0 bridgehead atoms. The van der Waals surface area contributed by atoms with Crippen LogP contribution < -0.4 is 10.6 Å². The van der Waals surface area contributed by atoms with Crippen LogP contribution in [0.15, 0.2) is 0 Å². The van der Waals surface area contributed by atoms with Crippen LogP contribution in [-0.2, 0) is 13.1 Å². The van der Waals surface area contributed by atoms with Gasteiger partial charge in [0.15, 0.2) is 4.77 Å². The van der Waals surface area contributed by atoms with Gasteiger partial charge in [-0.1, -0.05) is 0 Å². The third-order valence-corrected chi connectivity index (χ3v) is 2.26. The van der Waals surface area contributed by atoms with Crippen molar-refractivity contribution < 1.29 is 0 Å². The van der Waals surface area contributed by atoms with Crippen LogP contribution in [0.5, 0.6) is 0 Å². The number of aromatic nitrogens is 2. The summed E-state index contributed by atoms with van der Waals surface area (Å²) in [5, 5.41) is 6.47. The summed E-state index contributed by atoms with van der Waals surface area (Å²) in [4.78, 5) is 7.33. The second-order valence-electron chi connectivity index (χ2n) is 2.98. The summed E-state index contributed by atoms with van der Waals surface area (Å²) in [6.45, 7) is 4.66. The number of nitrogens with one attached hydrogen (secondary N) is 3. The molecular weight excluding hydrogens is 184 g/mol. The van der Waals surface area contributed by atoms with E-state index >= 15 is 0 Å². The van der Waals surface area contributed by atoms with Gasteiger partial charge in [0, 0.05) is 30.9 Å². The monoisotopic (exact) mass is 196 g/mol. The molecule has 0 atom stereocenters. The van der Waals surface area contributed by atoms with E-state index in [9.17, 15) is 0 Å². The van der Waals surface area contributed by atoms with Gasteiger partial charge in [0.05, 0.1) is 0 Å². The molecule has 0 aromatic carbocycles. The Morgan fingerprint density at radius 3 is 3.15 bits per heavy atom. The Morgan fingerprint density at radius 1 is 1.54 bits per heavy atom. The molecule has 0 saturated heterocycles. The van der Waals surface area contributed by atoms with Gasteiger partial charge in [-0.05, 0) is 19.1 Å². The normalized spacial score (nSPS) is 14.2. The van der Waals surface area contributed by atoms with Crippen molar-refractivity contribution in [3.8, 4) is 0 Å². The Balaban J connectivity index is 2.49. The van der Waals surface area contributed by atoms with E-state index < -0.39 is 0 Å². The van der Waals surface area contributed by atoms with Crippen molar-refractivity contribution in [2.24, 2.45) is 0 Å². The number of anilines is 1. The molecule has 70 valence electrons. The van der Waals surface area contributed by atoms with Crippen LogP contribution in [0.1, 0.15) is 18.2 Å². The van der Waals surface area contributed by atoms with Gasteiger partial charge in [-0.15, -0.1) is 0 Å². The molecule has 3 N–H and O–H groups in total. The lowest BCUT2D eigenvalue weighted by Crippen LogP contribution is -2.05. The minimum absolute atomic E-state index is 0.554. The third-order valence-electron chi connectivity index (χ3n) is 2.07. The largest absolute Gasteiger partial charge is 0.370 e. The molecule has 0 spiro atoms. The average molecular weight is 196 g/mol. The van der Waals surface area contributed by atoms with E-state index in [1.54, 1.807) is 0 Å². The summed E-state index contributed by atoms with van der Waals surface area (Å²) in [5.41, 5.74) is 2.38. The topological polar surface area (TPSA) is 52.7 Å². The van der Waals surface area contributed by atoms with Gasteiger partial charge in [-0.3, -0.25) is 0 Å². The Kier molecular flexibility index (Phi) is 2.28. The summed E-state index contributed by atoms with van der Waals surface area (Å²) < 4.78 is 0.554. The molecule has 2 rings (SSSR count). The summed E-state index contributed by atoms with van der Waals surface area (Å²) >= 11 is 5.02. The molecule has 5 heteroatoms. The Bertz CT molecular complexity index is 371. The van der Waals surface area contributed by atoms with Crippen LogP contribution >= 0.6 is 12.2 Å². The van der Waals surface area contributed by atoms with Gasteiger partial charge < -0.3 is 15.6 Å². The summed E-state index contributed by atoms with van der Waals surface area (Å²) in [6, 6.07) is 0. The first-order chi connectivity index (χ1) is 6.31. The molecule has 0 amide bonds. The highest BCUT2D eigenvalue weighted by Gasteiger charge is 2.15. The zero-order valence-corrected chi connectivity index (χ0v) is 8.29. The quantitative estimate of drug-likeness (QED) is 0.622. The van der Waals surface area contributed by atoms with Gasteiger partial charge in [-0.2, -0.15) is 0 Å². The molecule has 1 aromatic heterocycles. The lowest BCUT2D eigenvalue weighted by Gasteiger charge is -2.06. The maximum atomic E-state index is 5.02. The average Bonchev–Trinajstić information content (AvgIpc) is 2.52. The number of rotatable bonds is 2. The van der Waals surface area contributed by atoms with E-state index in [1.807, 2.05) is 0 Å². The summed E-state index contributed by atoms with van der Waals surface area (Å²) in [6.07, 6.45) is 0. The number of fused-ring (bicyclic) bond motifs is 1. The molecule has 0 saturated carbocycles. The lowest BCUT2D eigenvalue weighted by atomic mass is 10.2. The third kappa shape index (κ3) is 1.57. The van der Waals surface area contributed by atoms with Crippen molar-refractivity contribution in [1.82, 2.24) is 15.3 Å². The van der Waals surface area contributed by atoms with Crippen molar-refractivity contribution in [2.45, 2.75) is 20.0 Å². The SMILES string of the molecule is CCNc1nc(=S)[nH]c2c1CNC2. The summed E-state index contributed by atoms with van der Waals surface area (Å²) in [5.74, 6) is 0.922. The Labute approximate surface area is 81.8 Å². The highest BCUT2D eigenvalue weighted by atomic mass is 32.1. The number of hydrogen-bond donors (Lipinski definition) is 3. The highest BCUT2D eigenvalue weighted by Crippen LogP contribution is 2.19. The van der Waals surface area contributed by atoms with Gasteiger partial charge in [0.1, 0.15) is 5.82 Å². The fraction of sp³-hybridized carbons (Fsp3) is 0.500. The first-order valence-electron chi connectivity index (χ1n) is 4.38. The minimum Gasteiger partial charge on any atom is -0.370 e. The first kappa shape index (κ1) is 8.65. The van der Waals surface area contributed by atoms with Gasteiger partial charge in [0.25, 0.3) is 0 Å². The zero-order chi connectivity index (χ0) is 9.26. The van der Waals surface area contributed by atoms with Crippen molar-refractivity contribution in [3.63, 3.8) is 0 Å². The van der Waals surface area contributed by atoms with Crippen molar-refractivity contribution in [1.29, 1.82) is 0 Å². The van der Waals surface area contributed by atoms with Crippen LogP contribution in [0, 0.1) is 4.77 Å².